The summed E-state index contributed by atoms with van der Waals surface area (Å²) in [4.78, 5) is 32.5. The summed E-state index contributed by atoms with van der Waals surface area (Å²) in [5.74, 6) is -0.502. The first-order chi connectivity index (χ1) is 11.5. The van der Waals surface area contributed by atoms with Crippen LogP contribution in [0.5, 0.6) is 0 Å². The first-order valence-corrected chi connectivity index (χ1v) is 8.12. The number of rotatable bonds is 18. The van der Waals surface area contributed by atoms with Crippen LogP contribution in [0.1, 0.15) is 32.6 Å². The topological polar surface area (TPSA) is 114 Å². The second kappa shape index (κ2) is 16.5. The van der Waals surface area contributed by atoms with E-state index in [0.717, 1.165) is 6.42 Å². The van der Waals surface area contributed by atoms with Crippen molar-refractivity contribution in [1.29, 1.82) is 0 Å². The monoisotopic (exact) mass is 347 g/mol. The molecule has 0 radical (unpaired) electrons. The Morgan fingerprint density at radius 2 is 1.21 bits per heavy atom. The van der Waals surface area contributed by atoms with Crippen molar-refractivity contribution in [2.45, 2.75) is 32.6 Å². The Labute approximate surface area is 142 Å². The fourth-order valence-electron chi connectivity index (χ4n) is 1.67. The van der Waals surface area contributed by atoms with Gasteiger partial charge < -0.3 is 29.5 Å². The molecule has 0 unspecified atom stereocenters. The average molecular weight is 347 g/mol. The highest BCUT2D eigenvalue weighted by atomic mass is 16.5. The van der Waals surface area contributed by atoms with E-state index in [9.17, 15) is 14.4 Å². The van der Waals surface area contributed by atoms with E-state index in [4.69, 9.17) is 24.7 Å². The molecule has 2 N–H and O–H groups in total. The summed E-state index contributed by atoms with van der Waals surface area (Å²) in [5.41, 5.74) is 4.88. The minimum atomic E-state index is -0.590. The summed E-state index contributed by atoms with van der Waals surface area (Å²) in [7, 11) is 0. The number of hydrogen-bond donors (Lipinski definition) is 1. The van der Waals surface area contributed by atoms with Crippen molar-refractivity contribution in [2.24, 2.45) is 5.73 Å². The van der Waals surface area contributed by atoms with Gasteiger partial charge in [0.05, 0.1) is 26.4 Å². The van der Waals surface area contributed by atoms with Crippen molar-refractivity contribution < 1.29 is 33.3 Å². The molecule has 24 heavy (non-hydrogen) atoms. The first-order valence-electron chi connectivity index (χ1n) is 8.12. The van der Waals surface area contributed by atoms with Gasteiger partial charge in [-0.2, -0.15) is 0 Å². The number of carbonyl (C=O) groups is 3. The molecule has 0 heterocycles. The summed E-state index contributed by atoms with van der Waals surface area (Å²) >= 11 is 0. The highest BCUT2D eigenvalue weighted by Crippen LogP contribution is 1.94. The summed E-state index contributed by atoms with van der Waals surface area (Å²) in [6.07, 6.45) is 2.23. The number of ether oxygens (including phenoxy) is 4. The zero-order valence-corrected chi connectivity index (χ0v) is 14.4. The number of Topliss-reactive ketones (excluding diaryl/α,β-unsaturated/α-hetero) is 2. The van der Waals surface area contributed by atoms with Gasteiger partial charge in [-0.15, -0.1) is 0 Å². The fraction of sp³-hybridized carbons (Fsp3) is 0.812. The quantitative estimate of drug-likeness (QED) is 0.354. The summed E-state index contributed by atoms with van der Waals surface area (Å²) < 4.78 is 20.8. The van der Waals surface area contributed by atoms with Crippen LogP contribution in [0, 0.1) is 0 Å². The van der Waals surface area contributed by atoms with Gasteiger partial charge in [0.25, 0.3) is 0 Å². The van der Waals surface area contributed by atoms with E-state index in [1.54, 1.807) is 6.92 Å². The van der Waals surface area contributed by atoms with E-state index in [0.29, 0.717) is 58.9 Å². The van der Waals surface area contributed by atoms with Gasteiger partial charge in [-0.05, 0) is 19.8 Å². The smallest absolute Gasteiger partial charge is 0.243 e. The zero-order chi connectivity index (χ0) is 18.0. The molecule has 0 aromatic heterocycles. The molecule has 0 bridgehead atoms. The number of amides is 1. The molecule has 0 atom stereocenters. The van der Waals surface area contributed by atoms with E-state index < -0.39 is 5.91 Å². The third-order valence-corrected chi connectivity index (χ3v) is 2.81. The minimum absolute atomic E-state index is 0.0852. The van der Waals surface area contributed by atoms with Gasteiger partial charge in [0, 0.05) is 26.1 Å². The van der Waals surface area contributed by atoms with Gasteiger partial charge in [0.1, 0.15) is 19.0 Å². The van der Waals surface area contributed by atoms with Crippen LogP contribution in [0.4, 0.5) is 0 Å². The molecule has 0 aliphatic rings. The second-order valence-corrected chi connectivity index (χ2v) is 5.24. The van der Waals surface area contributed by atoms with Crippen LogP contribution >= 0.6 is 0 Å². The van der Waals surface area contributed by atoms with Crippen LogP contribution in [0.15, 0.2) is 0 Å². The molecule has 0 saturated heterocycles. The Kier molecular flexibility index (Phi) is 15.6. The normalized spacial score (nSPS) is 10.7. The Bertz CT molecular complexity index is 360. The fourth-order valence-corrected chi connectivity index (χ4v) is 1.67. The summed E-state index contributed by atoms with van der Waals surface area (Å²) in [6, 6.07) is 0. The molecule has 8 nitrogen and oxygen atoms in total. The van der Waals surface area contributed by atoms with Crippen molar-refractivity contribution in [3.8, 4) is 0 Å². The number of carbonyl (C=O) groups excluding carboxylic acids is 3. The van der Waals surface area contributed by atoms with Gasteiger partial charge in [-0.25, -0.2) is 0 Å². The number of hydrogen-bond acceptors (Lipinski definition) is 7. The Morgan fingerprint density at radius 3 is 1.71 bits per heavy atom. The molecular formula is C16H29NO7. The lowest BCUT2D eigenvalue weighted by atomic mass is 10.2. The molecule has 8 heteroatoms. The molecule has 0 aliphatic carbocycles. The van der Waals surface area contributed by atoms with E-state index >= 15 is 0 Å². The number of ketones is 2. The predicted octanol–water partition coefficient (Wildman–Crippen LogP) is 0.257. The standard InChI is InChI=1S/C16H29NO7/c1-14(18)4-2-6-21-8-10-23-11-9-22-7-3-5-15(19)12-24-13-16(17)20/h2-13H2,1H3,(H2,17,20). The maximum absolute atomic E-state index is 11.4. The summed E-state index contributed by atoms with van der Waals surface area (Å²) in [5, 5.41) is 0. The molecule has 0 rings (SSSR count). The molecule has 0 aliphatic heterocycles. The zero-order valence-electron chi connectivity index (χ0n) is 14.4. The van der Waals surface area contributed by atoms with Crippen molar-refractivity contribution >= 4 is 17.5 Å². The molecule has 0 fully saturated rings. The Balaban J connectivity index is 3.16. The van der Waals surface area contributed by atoms with E-state index in [2.05, 4.69) is 0 Å². The average Bonchev–Trinajstić information content (AvgIpc) is 2.51. The van der Waals surface area contributed by atoms with Crippen molar-refractivity contribution in [1.82, 2.24) is 0 Å². The maximum Gasteiger partial charge on any atom is 0.243 e. The minimum Gasteiger partial charge on any atom is -0.379 e. The van der Waals surface area contributed by atoms with Crippen LogP contribution in [0.2, 0.25) is 0 Å². The molecule has 140 valence electrons. The van der Waals surface area contributed by atoms with Crippen molar-refractivity contribution in [3.63, 3.8) is 0 Å². The van der Waals surface area contributed by atoms with Gasteiger partial charge in [-0.3, -0.25) is 9.59 Å². The predicted molar refractivity (Wildman–Crippen MR) is 86.6 cm³/mol. The largest absolute Gasteiger partial charge is 0.379 e. The SMILES string of the molecule is CC(=O)CCCOCCOCCOCCCC(=O)COCC(N)=O. The number of primary amides is 1. The first kappa shape index (κ1) is 22.6. The lowest BCUT2D eigenvalue weighted by molar-refractivity contribution is -0.128. The molecule has 0 aromatic carbocycles. The lowest BCUT2D eigenvalue weighted by Gasteiger charge is -2.06. The van der Waals surface area contributed by atoms with E-state index in [1.165, 1.54) is 0 Å². The van der Waals surface area contributed by atoms with E-state index in [1.807, 2.05) is 0 Å². The second-order valence-electron chi connectivity index (χ2n) is 5.24. The van der Waals surface area contributed by atoms with Crippen molar-refractivity contribution in [2.75, 3.05) is 52.9 Å². The highest BCUT2D eigenvalue weighted by molar-refractivity contribution is 5.80. The maximum atomic E-state index is 11.4. The molecular weight excluding hydrogens is 318 g/mol. The van der Waals surface area contributed by atoms with Crippen LogP contribution in [0.3, 0.4) is 0 Å². The van der Waals surface area contributed by atoms with Crippen LogP contribution in [-0.4, -0.2) is 70.3 Å². The lowest BCUT2D eigenvalue weighted by Crippen LogP contribution is -2.21. The molecule has 1 amide bonds. The van der Waals surface area contributed by atoms with Gasteiger partial charge in [0.2, 0.25) is 5.91 Å². The Morgan fingerprint density at radius 1 is 0.708 bits per heavy atom. The molecule has 0 aromatic rings. The van der Waals surface area contributed by atoms with Crippen LogP contribution in [-0.2, 0) is 33.3 Å². The molecule has 0 saturated carbocycles. The number of nitrogens with two attached hydrogens (primary N) is 1. The highest BCUT2D eigenvalue weighted by Gasteiger charge is 2.03. The third-order valence-electron chi connectivity index (χ3n) is 2.81. The van der Waals surface area contributed by atoms with Gasteiger partial charge >= 0.3 is 0 Å². The van der Waals surface area contributed by atoms with E-state index in [-0.39, 0.29) is 24.8 Å². The van der Waals surface area contributed by atoms with Gasteiger partial charge in [0.15, 0.2) is 5.78 Å². The Hall–Kier alpha value is -1.35. The van der Waals surface area contributed by atoms with Crippen LogP contribution in [0.25, 0.3) is 0 Å². The van der Waals surface area contributed by atoms with Crippen molar-refractivity contribution in [3.05, 3.63) is 0 Å². The summed E-state index contributed by atoms with van der Waals surface area (Å²) in [6.45, 7) is 4.17. The van der Waals surface area contributed by atoms with Crippen LogP contribution < -0.4 is 5.73 Å². The third kappa shape index (κ3) is 18.7. The van der Waals surface area contributed by atoms with Gasteiger partial charge in [-0.1, -0.05) is 0 Å². The molecule has 0 spiro atoms.